The summed E-state index contributed by atoms with van der Waals surface area (Å²) in [4.78, 5) is 2.49. The topological polar surface area (TPSA) is 19.9 Å². The molecule has 0 aromatic heterocycles. The van der Waals surface area contributed by atoms with Gasteiger partial charge >= 0.3 is 0 Å². The minimum absolute atomic E-state index is 0.210. The first-order valence-corrected chi connectivity index (χ1v) is 15.1. The highest BCUT2D eigenvalue weighted by molar-refractivity contribution is 6.30. The predicted molar refractivity (Wildman–Crippen MR) is 177 cm³/mol. The second kappa shape index (κ2) is 11.7. The molecule has 0 spiro atoms. The number of fused-ring (bicyclic) bond motifs is 2. The Balaban J connectivity index is 1.56. The van der Waals surface area contributed by atoms with Crippen LogP contribution in [0.2, 0.25) is 5.02 Å². The summed E-state index contributed by atoms with van der Waals surface area (Å²) in [5, 5.41) is 5.54. The predicted octanol–water partition coefficient (Wildman–Crippen LogP) is 9.02. The lowest BCUT2D eigenvalue weighted by molar-refractivity contribution is -0.540. The van der Waals surface area contributed by atoms with Gasteiger partial charge in [-0.2, -0.15) is 0 Å². The summed E-state index contributed by atoms with van der Waals surface area (Å²) in [7, 11) is 2.12. The van der Waals surface area contributed by atoms with Crippen LogP contribution < -0.4 is 10.2 Å². The summed E-state index contributed by atoms with van der Waals surface area (Å²) in [6.45, 7) is 14.7. The van der Waals surface area contributed by atoms with E-state index in [1.807, 2.05) is 6.07 Å². The molecule has 0 saturated heterocycles. The lowest BCUT2D eigenvalue weighted by Crippen LogP contribution is -2.73. The standard InChI is InChI=1S/C38H41ClN2/c1-7-24-41-34-23-21-30(39)25-32(34)38(5,26-28-15-9-8-10-16-28)35(41)19-13-14-27(2)37(3,4)36-31-18-12-11-17-29(31)20-22-33(36)40-6/h8-23,25,40H,2,7,24,26H2,1,3-6H3/p+1/b14-13+,35-19+. The molecule has 0 saturated carbocycles. The van der Waals surface area contributed by atoms with E-state index in [9.17, 15) is 0 Å². The second-order valence-electron chi connectivity index (χ2n) is 11.9. The molecule has 1 unspecified atom stereocenters. The van der Waals surface area contributed by atoms with Crippen LogP contribution in [0.5, 0.6) is 0 Å². The van der Waals surface area contributed by atoms with Gasteiger partial charge in [0, 0.05) is 39.3 Å². The number of hydrogen-bond donors (Lipinski definition) is 1. The summed E-state index contributed by atoms with van der Waals surface area (Å²) in [5.74, 6) is 0. The molecule has 1 aliphatic heterocycles. The average molecular weight is 562 g/mol. The summed E-state index contributed by atoms with van der Waals surface area (Å²) < 4.78 is 0. The molecule has 210 valence electrons. The van der Waals surface area contributed by atoms with Crippen LogP contribution >= 0.6 is 11.6 Å². The van der Waals surface area contributed by atoms with Crippen LogP contribution in [0, 0.1) is 0 Å². The van der Waals surface area contributed by atoms with Gasteiger partial charge < -0.3 is 10.2 Å². The number of benzene rings is 4. The van der Waals surface area contributed by atoms with Gasteiger partial charge in [0.05, 0.1) is 7.05 Å². The maximum absolute atomic E-state index is 6.58. The summed E-state index contributed by atoms with van der Waals surface area (Å²) >= 11 is 6.58. The van der Waals surface area contributed by atoms with E-state index in [0.717, 1.165) is 30.0 Å². The first kappa shape index (κ1) is 28.9. The molecule has 4 aromatic carbocycles. The number of halogens is 1. The van der Waals surface area contributed by atoms with Crippen molar-refractivity contribution >= 4 is 33.7 Å². The summed E-state index contributed by atoms with van der Waals surface area (Å²) in [6.07, 6.45) is 8.68. The van der Waals surface area contributed by atoms with E-state index in [1.165, 1.54) is 44.5 Å². The zero-order chi connectivity index (χ0) is 29.2. The number of anilines is 1. The fourth-order valence-electron chi connectivity index (χ4n) is 6.53. The molecular weight excluding hydrogens is 520 g/mol. The van der Waals surface area contributed by atoms with E-state index in [1.54, 1.807) is 0 Å². The maximum Gasteiger partial charge on any atom is 0.134 e. The largest absolute Gasteiger partial charge is 0.344 e. The molecule has 0 radical (unpaired) electrons. The molecule has 0 bridgehead atoms. The summed E-state index contributed by atoms with van der Waals surface area (Å²) in [6, 6.07) is 30.3. The summed E-state index contributed by atoms with van der Waals surface area (Å²) in [5.41, 5.74) is 8.37. The number of nitrogens with zero attached hydrogens (tertiary/aromatic N) is 1. The Bertz CT molecular complexity index is 1630. The van der Waals surface area contributed by atoms with Crippen molar-refractivity contribution in [2.45, 2.75) is 51.4 Å². The molecule has 1 aliphatic rings. The zero-order valence-electron chi connectivity index (χ0n) is 25.0. The fourth-order valence-corrected chi connectivity index (χ4v) is 6.70. The van der Waals surface area contributed by atoms with E-state index < -0.39 is 0 Å². The Kier molecular flexibility index (Phi) is 8.27. The minimum atomic E-state index is -0.250. The first-order chi connectivity index (χ1) is 19.7. The first-order valence-electron chi connectivity index (χ1n) is 14.7. The van der Waals surface area contributed by atoms with Gasteiger partial charge in [0.2, 0.25) is 0 Å². The smallest absolute Gasteiger partial charge is 0.134 e. The second-order valence-corrected chi connectivity index (χ2v) is 12.3. The molecule has 1 atom stereocenters. The van der Waals surface area contributed by atoms with E-state index in [0.29, 0.717) is 0 Å². The molecule has 0 fully saturated rings. The van der Waals surface area contributed by atoms with Crippen molar-refractivity contribution in [3.05, 3.63) is 143 Å². The zero-order valence-corrected chi connectivity index (χ0v) is 25.8. The average Bonchev–Trinajstić information content (AvgIpc) is 3.19. The Morgan fingerprint density at radius 1 is 1.00 bits per heavy atom. The molecule has 5 rings (SSSR count). The molecule has 2 nitrogen and oxygen atoms in total. The lowest BCUT2D eigenvalue weighted by atomic mass is 9.75. The minimum Gasteiger partial charge on any atom is -0.344 e. The monoisotopic (exact) mass is 561 g/mol. The number of quaternary nitrogens is 1. The quantitative estimate of drug-likeness (QED) is 0.160. The highest BCUT2D eigenvalue weighted by atomic mass is 35.5. The molecule has 1 heterocycles. The Labute approximate surface area is 251 Å². The van der Waals surface area contributed by atoms with Gasteiger partial charge in [0.25, 0.3) is 0 Å². The highest BCUT2D eigenvalue weighted by Gasteiger charge is 2.43. The van der Waals surface area contributed by atoms with Crippen LogP contribution in [-0.4, -0.2) is 13.6 Å². The van der Waals surface area contributed by atoms with Crippen LogP contribution in [0.15, 0.2) is 121 Å². The fraction of sp³-hybridized carbons (Fsp3) is 0.263. The SMILES string of the molecule is C=C(/C=C/C=C1/N(CCC)c2ccc(Cl)cc2C1(C)Cc1ccccc1)C(C)(C)c1c([NH2+]C)ccc2ccccc12. The van der Waals surface area contributed by atoms with Crippen molar-refractivity contribution in [1.29, 1.82) is 0 Å². The molecule has 41 heavy (non-hydrogen) atoms. The third-order valence-corrected chi connectivity index (χ3v) is 9.03. The molecule has 0 aliphatic carbocycles. The van der Waals surface area contributed by atoms with Gasteiger partial charge in [-0.25, -0.2) is 0 Å². The Hall–Kier alpha value is -3.59. The van der Waals surface area contributed by atoms with Crippen molar-refractivity contribution in [3.8, 4) is 0 Å². The molecule has 4 aromatic rings. The Morgan fingerprint density at radius 2 is 1.73 bits per heavy atom. The van der Waals surface area contributed by atoms with Gasteiger partial charge in [0.15, 0.2) is 0 Å². The van der Waals surface area contributed by atoms with Gasteiger partial charge in [-0.15, -0.1) is 0 Å². The van der Waals surface area contributed by atoms with Crippen LogP contribution in [0.25, 0.3) is 10.8 Å². The van der Waals surface area contributed by atoms with E-state index in [-0.39, 0.29) is 10.8 Å². The normalized spacial score (nSPS) is 18.0. The lowest BCUT2D eigenvalue weighted by Gasteiger charge is -2.31. The van der Waals surface area contributed by atoms with Crippen molar-refractivity contribution in [2.75, 3.05) is 18.5 Å². The molecular formula is C38H42ClN2+. The Morgan fingerprint density at radius 3 is 2.46 bits per heavy atom. The van der Waals surface area contributed by atoms with Crippen LogP contribution in [0.3, 0.4) is 0 Å². The molecule has 2 N–H and O–H groups in total. The maximum atomic E-state index is 6.58. The molecule has 3 heteroatoms. The van der Waals surface area contributed by atoms with Gasteiger partial charge in [-0.05, 0) is 83.6 Å². The third kappa shape index (κ3) is 5.39. The van der Waals surface area contributed by atoms with Gasteiger partial charge in [-0.3, -0.25) is 0 Å². The number of nitrogens with two attached hydrogens (primary N) is 1. The number of allylic oxidation sites excluding steroid dienone is 5. The van der Waals surface area contributed by atoms with Crippen LogP contribution in [-0.2, 0) is 17.3 Å². The molecule has 0 amide bonds. The number of rotatable bonds is 9. The van der Waals surface area contributed by atoms with Crippen molar-refractivity contribution in [2.24, 2.45) is 0 Å². The van der Waals surface area contributed by atoms with E-state index >= 15 is 0 Å². The number of hydrogen-bond acceptors (Lipinski definition) is 1. The van der Waals surface area contributed by atoms with Gasteiger partial charge in [-0.1, -0.05) is 106 Å². The third-order valence-electron chi connectivity index (χ3n) is 8.80. The van der Waals surface area contributed by atoms with Crippen LogP contribution in [0.1, 0.15) is 50.8 Å². The van der Waals surface area contributed by atoms with Crippen molar-refractivity contribution < 1.29 is 5.32 Å². The van der Waals surface area contributed by atoms with E-state index in [4.69, 9.17) is 11.6 Å². The van der Waals surface area contributed by atoms with E-state index in [2.05, 4.69) is 149 Å². The highest BCUT2D eigenvalue weighted by Crippen LogP contribution is 2.50. The van der Waals surface area contributed by atoms with Crippen molar-refractivity contribution in [3.63, 3.8) is 0 Å². The van der Waals surface area contributed by atoms with Crippen molar-refractivity contribution in [1.82, 2.24) is 0 Å². The van der Waals surface area contributed by atoms with Gasteiger partial charge in [0.1, 0.15) is 5.69 Å². The van der Waals surface area contributed by atoms with Crippen LogP contribution in [0.4, 0.5) is 11.4 Å².